The number of anilines is 1. The third kappa shape index (κ3) is 15.9. The van der Waals surface area contributed by atoms with Crippen LogP contribution < -0.4 is 19.9 Å². The van der Waals surface area contributed by atoms with Crippen LogP contribution in [0.4, 0.5) is 15.0 Å². The highest BCUT2D eigenvalue weighted by molar-refractivity contribution is 6.30. The number of amides is 4. The van der Waals surface area contributed by atoms with Crippen LogP contribution in [0.2, 0.25) is 10.0 Å². The molecule has 1 fully saturated rings. The Bertz CT molecular complexity index is 3420. The zero-order chi connectivity index (χ0) is 61.7. The quantitative estimate of drug-likeness (QED) is 0.0528. The number of aliphatic imine (C=N–C) groups is 1. The minimum absolute atomic E-state index is 0.0461. The Balaban J connectivity index is 0.673. The number of rotatable bonds is 25. The summed E-state index contributed by atoms with van der Waals surface area (Å²) in [6.45, 7) is 11.4. The lowest BCUT2D eigenvalue weighted by molar-refractivity contribution is -0.135. The first kappa shape index (κ1) is 63.8. The van der Waals surface area contributed by atoms with Gasteiger partial charge in [-0.05, 0) is 106 Å². The smallest absolute Gasteiger partial charge is 0.326 e. The van der Waals surface area contributed by atoms with E-state index in [0.717, 1.165) is 22.4 Å². The number of benzene rings is 4. The number of nitrogens with zero attached hydrogens (tertiary/aromatic N) is 8. The van der Waals surface area contributed by atoms with Gasteiger partial charge in [0.05, 0.1) is 95.6 Å². The molecule has 3 atom stereocenters. The van der Waals surface area contributed by atoms with Gasteiger partial charge in [-0.2, -0.15) is 5.10 Å². The van der Waals surface area contributed by atoms with Crippen LogP contribution in [-0.2, 0) is 41.6 Å². The topological polar surface area (TPSA) is 215 Å². The maximum atomic E-state index is 15.1. The van der Waals surface area contributed by atoms with Crippen molar-refractivity contribution in [2.24, 2.45) is 4.99 Å². The molecule has 5 heterocycles. The molecule has 2 bridgehead atoms. The number of amidine groups is 1. The molecule has 0 saturated carbocycles. The third-order valence-corrected chi connectivity index (χ3v) is 15.7. The molecule has 20 nitrogen and oxygen atoms in total. The van der Waals surface area contributed by atoms with Gasteiger partial charge in [-0.1, -0.05) is 47.5 Å². The Hall–Kier alpha value is -7.66. The molecule has 0 aliphatic carbocycles. The fourth-order valence-corrected chi connectivity index (χ4v) is 11.1. The molecule has 9 rings (SSSR count). The monoisotopic (exact) mass is 1230 g/mol. The molecule has 3 aliphatic rings. The Labute approximate surface area is 516 Å². The first-order chi connectivity index (χ1) is 42.0. The van der Waals surface area contributed by atoms with Gasteiger partial charge in [0.25, 0.3) is 5.91 Å². The van der Waals surface area contributed by atoms with E-state index in [1.807, 2.05) is 55.8 Å². The maximum absolute atomic E-state index is 15.1. The second-order valence-electron chi connectivity index (χ2n) is 21.7. The number of halogens is 3. The summed E-state index contributed by atoms with van der Waals surface area (Å²) in [6.07, 6.45) is 1.80. The van der Waals surface area contributed by atoms with Gasteiger partial charge in [-0.3, -0.25) is 29.0 Å². The van der Waals surface area contributed by atoms with Crippen molar-refractivity contribution in [2.45, 2.75) is 84.3 Å². The van der Waals surface area contributed by atoms with Crippen LogP contribution in [0.1, 0.15) is 102 Å². The summed E-state index contributed by atoms with van der Waals surface area (Å²) < 4.78 is 57.2. The second-order valence-corrected chi connectivity index (χ2v) is 22.5. The third-order valence-electron chi connectivity index (χ3n) is 15.2. The second kappa shape index (κ2) is 29.8. The summed E-state index contributed by atoms with van der Waals surface area (Å²) >= 11 is 12.7. The van der Waals surface area contributed by atoms with E-state index in [9.17, 15) is 18.8 Å². The number of urea groups is 1. The molecule has 2 aromatic heterocycles. The molecule has 0 radical (unpaired) electrons. The van der Waals surface area contributed by atoms with Crippen molar-refractivity contribution in [2.75, 3.05) is 98.9 Å². The molecular weight excluding hydrogens is 1160 g/mol. The molecule has 3 aliphatic heterocycles. The van der Waals surface area contributed by atoms with Crippen LogP contribution in [0.15, 0.2) is 102 Å². The summed E-state index contributed by atoms with van der Waals surface area (Å²) in [5.74, 6) is 0.956. The maximum Gasteiger partial charge on any atom is 0.326 e. The van der Waals surface area contributed by atoms with Crippen LogP contribution in [0.25, 0.3) is 11.1 Å². The lowest BCUT2D eigenvalue weighted by Crippen LogP contribution is -2.56. The molecule has 0 spiro atoms. The van der Waals surface area contributed by atoms with E-state index in [1.54, 1.807) is 89.3 Å². The number of aryl methyl sites for hydroxylation is 2. The van der Waals surface area contributed by atoms with Gasteiger partial charge in [-0.15, -0.1) is 0 Å². The van der Waals surface area contributed by atoms with Crippen molar-refractivity contribution in [1.82, 2.24) is 34.4 Å². The molecule has 4 aromatic carbocycles. The zero-order valence-corrected chi connectivity index (χ0v) is 51.4. The number of pyridine rings is 1. The number of Topliss-reactive ketones (excluding diaryl/α,β-unsaturated/α-hetero) is 1. The summed E-state index contributed by atoms with van der Waals surface area (Å²) in [7, 11) is 3.26. The SMILES string of the molecule is COc1ccc(C2=N[C@H](c3ccc(Cl)cc3)[C@H](c3ccc(Cl)cc3)N2C(=O)N2CCN(CCOCCOCCOCCOCCC(=O)CCCn3nc(C)c4c3CN(C)C(=O)c3ccc(F)cc3[C@@H](C)Oc3cc-4cnc3N)C(=O)C2)c(OC(C)C)c1. The van der Waals surface area contributed by atoms with Gasteiger partial charge in [0.2, 0.25) is 5.91 Å². The van der Waals surface area contributed by atoms with E-state index in [2.05, 4.69) is 4.98 Å². The lowest BCUT2D eigenvalue weighted by Gasteiger charge is -2.38. The van der Waals surface area contributed by atoms with E-state index in [0.29, 0.717) is 133 Å². The van der Waals surface area contributed by atoms with Crippen LogP contribution >= 0.6 is 23.2 Å². The number of nitrogen functional groups attached to an aromatic ring is 1. The number of hydrogen-bond acceptors (Lipinski definition) is 15. The largest absolute Gasteiger partial charge is 0.497 e. The van der Waals surface area contributed by atoms with E-state index in [-0.39, 0.29) is 74.8 Å². The predicted molar refractivity (Wildman–Crippen MR) is 327 cm³/mol. The van der Waals surface area contributed by atoms with Gasteiger partial charge in [0.15, 0.2) is 11.6 Å². The normalized spacial score (nSPS) is 16.9. The number of hydrogen-bond donors (Lipinski definition) is 1. The Kier molecular flexibility index (Phi) is 21.9. The molecular formula is C64H74Cl2FN9O11. The van der Waals surface area contributed by atoms with Gasteiger partial charge < -0.3 is 53.6 Å². The molecule has 6 aromatic rings. The standard InChI is InChI=1S/C64H74Cl2FN9O11/c1-40(2)86-55-36-50(81-6)18-20-52(55)62-70-59(43-9-13-46(65)14-10-43)60(44-11-15-47(66)16-12-44)76(62)64(80)74-24-23-73(57(78)39-74)25-27-83-29-31-85-33-32-84-30-28-82-26-21-49(77)8-7-22-75-54-38-72(5)63(79)51-19-17-48(67)35-53(51)42(4)87-56-34-45(37-69-61(56)68)58(54)41(3)71-75/h9-20,34-37,40,42,59-60H,7-8,21-33,38-39H2,1-6H3,(H2,68,69)/t42-,59-,60+/m1/s1. The molecule has 462 valence electrons. The van der Waals surface area contributed by atoms with Crippen molar-refractivity contribution >= 4 is 58.5 Å². The number of ketones is 1. The fourth-order valence-electron chi connectivity index (χ4n) is 10.8. The van der Waals surface area contributed by atoms with Gasteiger partial charge >= 0.3 is 6.03 Å². The van der Waals surface area contributed by atoms with Crippen molar-refractivity contribution < 1.29 is 56.7 Å². The number of nitrogens with two attached hydrogens (primary N) is 1. The number of carbonyl (C=O) groups excluding carboxylic acids is 4. The number of carbonyl (C=O) groups is 4. The Morgan fingerprint density at radius 3 is 2.11 bits per heavy atom. The van der Waals surface area contributed by atoms with E-state index >= 15 is 4.79 Å². The van der Waals surface area contributed by atoms with Crippen molar-refractivity contribution in [3.8, 4) is 28.4 Å². The zero-order valence-electron chi connectivity index (χ0n) is 49.8. The molecule has 1 saturated heterocycles. The lowest BCUT2D eigenvalue weighted by atomic mass is 9.93. The van der Waals surface area contributed by atoms with Gasteiger partial charge in [0.1, 0.15) is 47.6 Å². The van der Waals surface area contributed by atoms with Crippen molar-refractivity contribution in [3.05, 3.63) is 152 Å². The summed E-state index contributed by atoms with van der Waals surface area (Å²) in [4.78, 5) is 71.8. The van der Waals surface area contributed by atoms with Crippen LogP contribution in [0, 0.1) is 12.7 Å². The van der Waals surface area contributed by atoms with Gasteiger partial charge in [-0.25, -0.2) is 14.2 Å². The number of ether oxygens (including phenoxy) is 7. The van der Waals surface area contributed by atoms with E-state index in [1.165, 1.54) is 18.2 Å². The highest BCUT2D eigenvalue weighted by Crippen LogP contribution is 2.46. The summed E-state index contributed by atoms with van der Waals surface area (Å²) in [5.41, 5.74) is 12.1. The Morgan fingerprint density at radius 1 is 0.793 bits per heavy atom. The summed E-state index contributed by atoms with van der Waals surface area (Å²) in [6, 6.07) is 24.4. The van der Waals surface area contributed by atoms with Crippen LogP contribution in [0.3, 0.4) is 0 Å². The van der Waals surface area contributed by atoms with Gasteiger partial charge in [0, 0.05) is 90.6 Å². The fraction of sp³-hybridized carbons (Fsp3) is 0.422. The molecule has 0 unspecified atom stereocenters. The summed E-state index contributed by atoms with van der Waals surface area (Å²) in [5, 5.41) is 5.94. The van der Waals surface area contributed by atoms with Crippen LogP contribution in [0.5, 0.6) is 17.2 Å². The average Bonchev–Trinajstić information content (AvgIpc) is 1.77. The number of methoxy groups -OCH3 is 1. The highest BCUT2D eigenvalue weighted by atomic mass is 35.5. The Morgan fingerprint density at radius 2 is 1.45 bits per heavy atom. The highest BCUT2D eigenvalue weighted by Gasteiger charge is 2.46. The molecule has 87 heavy (non-hydrogen) atoms. The molecule has 2 N–H and O–H groups in total. The number of piperazine rings is 1. The number of fused-ring (bicyclic) bond motifs is 5. The number of aromatic nitrogens is 3. The first-order valence-corrected chi connectivity index (χ1v) is 29.9. The first-order valence-electron chi connectivity index (χ1n) is 29.1. The van der Waals surface area contributed by atoms with E-state index in [4.69, 9.17) is 72.2 Å². The average molecular weight is 1240 g/mol. The minimum Gasteiger partial charge on any atom is -0.497 e. The predicted octanol–water partition coefficient (Wildman–Crippen LogP) is 10.1. The van der Waals surface area contributed by atoms with Crippen molar-refractivity contribution in [3.63, 3.8) is 0 Å². The molecule has 23 heteroatoms. The van der Waals surface area contributed by atoms with Crippen LogP contribution in [-0.4, -0.2) is 163 Å². The minimum atomic E-state index is -0.702. The van der Waals surface area contributed by atoms with E-state index < -0.39 is 24.0 Å². The van der Waals surface area contributed by atoms with Crippen molar-refractivity contribution in [1.29, 1.82) is 0 Å². The molecule has 4 amide bonds.